The van der Waals surface area contributed by atoms with Crippen LogP contribution in [0.25, 0.3) is 11.0 Å². The number of rotatable bonds is 6. The second-order valence-electron chi connectivity index (χ2n) is 5.44. The predicted octanol–water partition coefficient (Wildman–Crippen LogP) is 3.21. The predicted molar refractivity (Wildman–Crippen MR) is 97.2 cm³/mol. The second-order valence-corrected chi connectivity index (χ2v) is 5.44. The van der Waals surface area contributed by atoms with Crippen molar-refractivity contribution in [2.45, 2.75) is 6.92 Å². The lowest BCUT2D eigenvalue weighted by molar-refractivity contribution is -0.384. The number of amides is 1. The van der Waals surface area contributed by atoms with Gasteiger partial charge in [0.05, 0.1) is 17.7 Å². The smallest absolute Gasteiger partial charge is 0.307 e. The van der Waals surface area contributed by atoms with Crippen molar-refractivity contribution in [2.75, 3.05) is 6.61 Å². The minimum atomic E-state index is -0.606. The van der Waals surface area contributed by atoms with Crippen LogP contribution < -0.4 is 10.2 Å². The van der Waals surface area contributed by atoms with E-state index in [-0.39, 0.29) is 22.8 Å². The number of hydrazone groups is 1. The number of nitrogens with zero attached hydrogens (tertiary/aromatic N) is 2. The molecule has 0 saturated carbocycles. The van der Waals surface area contributed by atoms with Gasteiger partial charge in [0.15, 0.2) is 5.76 Å². The topological polar surface area (TPSA) is 127 Å². The minimum Gasteiger partial charge on any atom is -0.507 e. The first-order valence-electron chi connectivity index (χ1n) is 7.95. The van der Waals surface area contributed by atoms with Crippen molar-refractivity contribution in [3.8, 4) is 11.5 Å². The number of ether oxygens (including phenoxy) is 1. The summed E-state index contributed by atoms with van der Waals surface area (Å²) in [4.78, 5) is 22.3. The zero-order chi connectivity index (χ0) is 19.4. The maximum atomic E-state index is 12.2. The molecule has 2 N–H and O–H groups in total. The van der Waals surface area contributed by atoms with E-state index in [1.54, 1.807) is 24.3 Å². The van der Waals surface area contributed by atoms with E-state index in [2.05, 4.69) is 10.5 Å². The molecular weight excluding hydrogens is 354 g/mol. The van der Waals surface area contributed by atoms with Gasteiger partial charge in [0.2, 0.25) is 0 Å². The zero-order valence-electron chi connectivity index (χ0n) is 14.2. The number of hydrogen-bond donors (Lipinski definition) is 2. The molecule has 0 saturated heterocycles. The van der Waals surface area contributed by atoms with Crippen molar-refractivity contribution in [1.29, 1.82) is 0 Å². The standard InChI is InChI=1S/C18H15N3O6/c1-2-26-14-4-6-16-11(8-14)9-17(27-16)18(23)20-19-10-12-7-13(21(24)25)3-5-15(12)22/h3-10,22H,2H2,1H3,(H,20,23)/b19-10+. The molecule has 27 heavy (non-hydrogen) atoms. The second kappa shape index (κ2) is 7.56. The minimum absolute atomic E-state index is 0.0408. The summed E-state index contributed by atoms with van der Waals surface area (Å²) < 4.78 is 10.9. The average molecular weight is 369 g/mol. The van der Waals surface area contributed by atoms with E-state index in [4.69, 9.17) is 9.15 Å². The number of hydrogen-bond acceptors (Lipinski definition) is 7. The number of phenols is 1. The highest BCUT2D eigenvalue weighted by molar-refractivity contribution is 5.97. The van der Waals surface area contributed by atoms with Crippen molar-refractivity contribution < 1.29 is 24.0 Å². The highest BCUT2D eigenvalue weighted by Gasteiger charge is 2.13. The van der Waals surface area contributed by atoms with E-state index in [1.165, 1.54) is 6.07 Å². The molecule has 0 unspecified atom stereocenters. The lowest BCUT2D eigenvalue weighted by atomic mass is 10.2. The number of benzene rings is 2. The molecule has 0 spiro atoms. The maximum absolute atomic E-state index is 12.2. The molecule has 3 aromatic rings. The van der Waals surface area contributed by atoms with Crippen LogP contribution in [0.2, 0.25) is 0 Å². The number of furan rings is 1. The lowest BCUT2D eigenvalue weighted by Crippen LogP contribution is -2.16. The van der Waals surface area contributed by atoms with Gasteiger partial charge in [0.1, 0.15) is 17.1 Å². The number of nitro benzene ring substituents is 1. The van der Waals surface area contributed by atoms with Crippen LogP contribution >= 0.6 is 0 Å². The van der Waals surface area contributed by atoms with Gasteiger partial charge in [-0.1, -0.05) is 0 Å². The van der Waals surface area contributed by atoms with Crippen LogP contribution in [0.15, 0.2) is 52.0 Å². The molecule has 0 atom stereocenters. The van der Waals surface area contributed by atoms with Gasteiger partial charge in [-0.05, 0) is 37.3 Å². The monoisotopic (exact) mass is 369 g/mol. The fourth-order valence-electron chi connectivity index (χ4n) is 2.36. The highest BCUT2D eigenvalue weighted by atomic mass is 16.6. The number of carbonyl (C=O) groups excluding carboxylic acids is 1. The molecule has 0 bridgehead atoms. The summed E-state index contributed by atoms with van der Waals surface area (Å²) in [5.41, 5.74) is 2.65. The number of nitro groups is 1. The first-order chi connectivity index (χ1) is 13.0. The van der Waals surface area contributed by atoms with E-state index >= 15 is 0 Å². The van der Waals surface area contributed by atoms with Crippen molar-refractivity contribution in [3.05, 3.63) is 63.9 Å². The summed E-state index contributed by atoms with van der Waals surface area (Å²) in [5.74, 6) is -0.105. The summed E-state index contributed by atoms with van der Waals surface area (Å²) in [7, 11) is 0. The molecule has 0 aliphatic rings. The van der Waals surface area contributed by atoms with Gasteiger partial charge >= 0.3 is 5.91 Å². The Morgan fingerprint density at radius 3 is 2.89 bits per heavy atom. The third-order valence-corrected chi connectivity index (χ3v) is 3.61. The Bertz CT molecular complexity index is 1040. The number of fused-ring (bicyclic) bond motifs is 1. The van der Waals surface area contributed by atoms with Gasteiger partial charge in [-0.3, -0.25) is 14.9 Å². The van der Waals surface area contributed by atoms with Crippen LogP contribution in [0.1, 0.15) is 23.0 Å². The van der Waals surface area contributed by atoms with Gasteiger partial charge in [-0.25, -0.2) is 5.43 Å². The summed E-state index contributed by atoms with van der Waals surface area (Å²) in [6, 6.07) is 10.2. The summed E-state index contributed by atoms with van der Waals surface area (Å²) in [6.45, 7) is 2.39. The third-order valence-electron chi connectivity index (χ3n) is 3.61. The molecule has 1 heterocycles. The van der Waals surface area contributed by atoms with Crippen molar-refractivity contribution in [1.82, 2.24) is 5.43 Å². The van der Waals surface area contributed by atoms with Crippen LogP contribution in [-0.4, -0.2) is 28.8 Å². The van der Waals surface area contributed by atoms with E-state index < -0.39 is 10.8 Å². The Balaban J connectivity index is 1.74. The van der Waals surface area contributed by atoms with E-state index in [0.717, 1.165) is 18.3 Å². The quantitative estimate of drug-likeness (QED) is 0.390. The molecule has 2 aromatic carbocycles. The fourth-order valence-corrected chi connectivity index (χ4v) is 2.36. The van der Waals surface area contributed by atoms with Crippen LogP contribution in [0.5, 0.6) is 11.5 Å². The molecule has 9 nitrogen and oxygen atoms in total. The van der Waals surface area contributed by atoms with Gasteiger partial charge in [-0.2, -0.15) is 5.10 Å². The molecule has 0 aliphatic heterocycles. The molecule has 1 amide bonds. The van der Waals surface area contributed by atoms with Crippen LogP contribution in [0.4, 0.5) is 5.69 Å². The molecular formula is C18H15N3O6. The number of carbonyl (C=O) groups is 1. The average Bonchev–Trinajstić information content (AvgIpc) is 3.06. The van der Waals surface area contributed by atoms with E-state index in [0.29, 0.717) is 23.3 Å². The van der Waals surface area contributed by atoms with Gasteiger partial charge in [-0.15, -0.1) is 0 Å². The Morgan fingerprint density at radius 2 is 2.15 bits per heavy atom. The summed E-state index contributed by atoms with van der Waals surface area (Å²) >= 11 is 0. The van der Waals surface area contributed by atoms with Crippen molar-refractivity contribution in [2.24, 2.45) is 5.10 Å². The summed E-state index contributed by atoms with van der Waals surface area (Å²) in [5, 5.41) is 24.9. The summed E-state index contributed by atoms with van der Waals surface area (Å²) in [6.07, 6.45) is 1.11. The van der Waals surface area contributed by atoms with Crippen LogP contribution in [0.3, 0.4) is 0 Å². The zero-order valence-corrected chi connectivity index (χ0v) is 14.2. The molecule has 0 radical (unpaired) electrons. The van der Waals surface area contributed by atoms with Crippen LogP contribution in [-0.2, 0) is 0 Å². The van der Waals surface area contributed by atoms with Crippen molar-refractivity contribution >= 4 is 28.8 Å². The molecule has 0 fully saturated rings. The largest absolute Gasteiger partial charge is 0.507 e. The van der Waals surface area contributed by atoms with Crippen LogP contribution in [0, 0.1) is 10.1 Å². The van der Waals surface area contributed by atoms with Gasteiger partial charge in [0, 0.05) is 23.1 Å². The first-order valence-corrected chi connectivity index (χ1v) is 7.95. The number of nitrogens with one attached hydrogen (secondary N) is 1. The Hall–Kier alpha value is -3.88. The Labute approximate surface area is 153 Å². The van der Waals surface area contributed by atoms with E-state index in [9.17, 15) is 20.0 Å². The SMILES string of the molecule is CCOc1ccc2oc(C(=O)N/N=C/c3cc([N+](=O)[O-])ccc3O)cc2c1. The molecule has 138 valence electrons. The number of non-ortho nitro benzene ring substituents is 1. The fraction of sp³-hybridized carbons (Fsp3) is 0.111. The molecule has 3 rings (SSSR count). The molecule has 0 aliphatic carbocycles. The third kappa shape index (κ3) is 4.03. The molecule has 1 aromatic heterocycles. The maximum Gasteiger partial charge on any atom is 0.307 e. The van der Waals surface area contributed by atoms with Gasteiger partial charge < -0.3 is 14.3 Å². The Morgan fingerprint density at radius 1 is 1.33 bits per heavy atom. The van der Waals surface area contributed by atoms with E-state index in [1.807, 2.05) is 6.92 Å². The number of phenolic OH excluding ortho intramolecular Hbond substituents is 1. The Kier molecular flexibility index (Phi) is 5.02. The normalized spacial score (nSPS) is 11.0. The van der Waals surface area contributed by atoms with Gasteiger partial charge in [0.25, 0.3) is 5.69 Å². The lowest BCUT2D eigenvalue weighted by Gasteiger charge is -2.00. The van der Waals surface area contributed by atoms with Crippen molar-refractivity contribution in [3.63, 3.8) is 0 Å². The number of aromatic hydroxyl groups is 1. The molecule has 9 heteroatoms. The first kappa shape index (κ1) is 17.9. The highest BCUT2D eigenvalue weighted by Crippen LogP contribution is 2.24.